The molecule has 0 aromatic rings. The zero-order valence-electron chi connectivity index (χ0n) is 11.7. The molecule has 0 radical (unpaired) electrons. The second-order valence-corrected chi connectivity index (χ2v) is 4.87. The lowest BCUT2D eigenvalue weighted by Gasteiger charge is -2.35. The van der Waals surface area contributed by atoms with Gasteiger partial charge in [0, 0.05) is 25.5 Å². The van der Waals surface area contributed by atoms with Crippen LogP contribution in [0.3, 0.4) is 0 Å². The molecule has 7 heteroatoms. The highest BCUT2D eigenvalue weighted by Gasteiger charge is 2.30. The summed E-state index contributed by atoms with van der Waals surface area (Å²) in [5, 5.41) is 13.4. The third kappa shape index (κ3) is 6.51. The average molecular weight is 286 g/mol. The van der Waals surface area contributed by atoms with Crippen LogP contribution in [0.25, 0.3) is 0 Å². The number of aliphatic carboxylic acids is 1. The van der Waals surface area contributed by atoms with Crippen LogP contribution in [0.5, 0.6) is 0 Å². The number of unbranched alkanes of at least 4 members (excludes halogenated alkanes) is 1. The number of urea groups is 1. The molecular weight excluding hydrogens is 264 g/mol. The van der Waals surface area contributed by atoms with Gasteiger partial charge in [0.25, 0.3) is 0 Å². The Balaban J connectivity index is 2.04. The fourth-order valence-corrected chi connectivity index (χ4v) is 2.03. The van der Waals surface area contributed by atoms with E-state index in [9.17, 15) is 14.4 Å². The van der Waals surface area contributed by atoms with Crippen molar-refractivity contribution >= 4 is 17.9 Å². The van der Waals surface area contributed by atoms with E-state index in [0.29, 0.717) is 19.4 Å². The highest BCUT2D eigenvalue weighted by Crippen LogP contribution is 2.22. The summed E-state index contributed by atoms with van der Waals surface area (Å²) in [6.45, 7) is 2.59. The number of carbonyl (C=O) groups excluding carboxylic acids is 2. The van der Waals surface area contributed by atoms with Crippen molar-refractivity contribution in [3.05, 3.63) is 0 Å². The number of hydrogen-bond acceptors (Lipinski definition) is 4. The van der Waals surface area contributed by atoms with Crippen LogP contribution in [-0.4, -0.2) is 41.8 Å². The van der Waals surface area contributed by atoms with Crippen LogP contribution in [0, 0.1) is 0 Å². The Labute approximate surface area is 118 Å². The van der Waals surface area contributed by atoms with E-state index in [1.807, 2.05) is 6.92 Å². The molecule has 0 aromatic heterocycles. The van der Waals surface area contributed by atoms with Gasteiger partial charge in [-0.05, 0) is 32.6 Å². The molecular formula is C13H22N2O5. The van der Waals surface area contributed by atoms with Crippen molar-refractivity contribution in [1.29, 1.82) is 0 Å². The second-order valence-electron chi connectivity index (χ2n) is 4.87. The van der Waals surface area contributed by atoms with E-state index in [2.05, 4.69) is 10.6 Å². The van der Waals surface area contributed by atoms with Gasteiger partial charge in [0.05, 0.1) is 6.10 Å². The second kappa shape index (κ2) is 8.52. The zero-order chi connectivity index (χ0) is 15.0. The first-order valence-electron chi connectivity index (χ1n) is 6.95. The van der Waals surface area contributed by atoms with Gasteiger partial charge in [0.1, 0.15) is 0 Å². The van der Waals surface area contributed by atoms with Gasteiger partial charge in [-0.25, -0.2) is 4.79 Å². The van der Waals surface area contributed by atoms with Gasteiger partial charge in [0.15, 0.2) is 0 Å². The summed E-state index contributed by atoms with van der Waals surface area (Å²) in [5.41, 5.74) is 0. The molecule has 1 aliphatic carbocycles. The largest absolute Gasteiger partial charge is 0.481 e. The van der Waals surface area contributed by atoms with Crippen molar-refractivity contribution < 1.29 is 24.2 Å². The monoisotopic (exact) mass is 286 g/mol. The van der Waals surface area contributed by atoms with Gasteiger partial charge in [-0.3, -0.25) is 14.9 Å². The van der Waals surface area contributed by atoms with Gasteiger partial charge in [-0.15, -0.1) is 0 Å². The molecule has 3 N–H and O–H groups in total. The molecule has 0 unspecified atom stereocenters. The Bertz CT molecular complexity index is 353. The lowest BCUT2D eigenvalue weighted by Crippen LogP contribution is -2.51. The van der Waals surface area contributed by atoms with Crippen molar-refractivity contribution in [1.82, 2.24) is 10.6 Å². The number of hydrogen-bond donors (Lipinski definition) is 3. The molecule has 114 valence electrons. The summed E-state index contributed by atoms with van der Waals surface area (Å²) in [6.07, 6.45) is 2.84. The molecule has 20 heavy (non-hydrogen) atoms. The minimum absolute atomic E-state index is 0.0420. The summed E-state index contributed by atoms with van der Waals surface area (Å²) in [7, 11) is 0. The number of amides is 3. The van der Waals surface area contributed by atoms with Gasteiger partial charge in [-0.1, -0.05) is 0 Å². The van der Waals surface area contributed by atoms with Crippen LogP contribution in [-0.2, 0) is 14.3 Å². The van der Waals surface area contributed by atoms with Gasteiger partial charge in [0.2, 0.25) is 5.91 Å². The van der Waals surface area contributed by atoms with Crippen LogP contribution >= 0.6 is 0 Å². The zero-order valence-corrected chi connectivity index (χ0v) is 11.7. The van der Waals surface area contributed by atoms with Crippen molar-refractivity contribution in [3.8, 4) is 0 Å². The predicted octanol–water partition coefficient (Wildman–Crippen LogP) is 1.02. The predicted molar refractivity (Wildman–Crippen MR) is 71.2 cm³/mol. The molecule has 7 nitrogen and oxygen atoms in total. The molecule has 1 fully saturated rings. The van der Waals surface area contributed by atoms with Crippen LogP contribution in [0.2, 0.25) is 0 Å². The number of nitrogens with one attached hydrogen (secondary N) is 2. The quantitative estimate of drug-likeness (QED) is 0.578. The van der Waals surface area contributed by atoms with Crippen molar-refractivity contribution in [2.75, 3.05) is 6.61 Å². The van der Waals surface area contributed by atoms with E-state index in [-0.39, 0.29) is 30.9 Å². The Hall–Kier alpha value is -1.63. The summed E-state index contributed by atoms with van der Waals surface area (Å²) < 4.78 is 5.37. The maximum absolute atomic E-state index is 11.5. The van der Waals surface area contributed by atoms with Gasteiger partial charge < -0.3 is 15.2 Å². The minimum Gasteiger partial charge on any atom is -0.481 e. The molecule has 3 amide bonds. The Morgan fingerprint density at radius 1 is 1.20 bits per heavy atom. The minimum atomic E-state index is -0.878. The number of imide groups is 1. The van der Waals surface area contributed by atoms with E-state index in [0.717, 1.165) is 12.8 Å². The molecule has 0 spiro atoms. The number of carboxylic acid groups (broad SMARTS) is 1. The molecule has 1 saturated carbocycles. The lowest BCUT2D eigenvalue weighted by molar-refractivity contribution is -0.137. The third-order valence-corrected chi connectivity index (χ3v) is 3.13. The Kier molecular flexibility index (Phi) is 7.00. The summed E-state index contributed by atoms with van der Waals surface area (Å²) in [5.74, 6) is -1.26. The number of carbonyl (C=O) groups is 3. The summed E-state index contributed by atoms with van der Waals surface area (Å²) >= 11 is 0. The van der Waals surface area contributed by atoms with Crippen molar-refractivity contribution in [3.63, 3.8) is 0 Å². The average Bonchev–Trinajstić information content (AvgIpc) is 2.32. The van der Waals surface area contributed by atoms with Crippen molar-refractivity contribution in [2.24, 2.45) is 0 Å². The number of rotatable bonds is 8. The first-order valence-corrected chi connectivity index (χ1v) is 6.95. The smallest absolute Gasteiger partial charge is 0.321 e. The molecule has 0 heterocycles. The van der Waals surface area contributed by atoms with E-state index >= 15 is 0 Å². The normalized spacial score (nSPS) is 20.9. The number of carboxylic acids is 1. The fraction of sp³-hybridized carbons (Fsp3) is 0.769. The maximum Gasteiger partial charge on any atom is 0.321 e. The fourth-order valence-electron chi connectivity index (χ4n) is 2.03. The maximum atomic E-state index is 11.5. The molecule has 0 aliphatic heterocycles. The molecule has 0 atom stereocenters. The molecule has 0 aromatic carbocycles. The van der Waals surface area contributed by atoms with Gasteiger partial charge >= 0.3 is 12.0 Å². The molecule has 0 bridgehead atoms. The Morgan fingerprint density at radius 3 is 2.45 bits per heavy atom. The Morgan fingerprint density at radius 2 is 1.85 bits per heavy atom. The van der Waals surface area contributed by atoms with E-state index < -0.39 is 12.0 Å². The SMILES string of the molecule is CCOC1CC(NC(=O)NC(=O)CCCCC(=O)O)C1. The van der Waals surface area contributed by atoms with E-state index in [1.165, 1.54) is 0 Å². The highest BCUT2D eigenvalue weighted by atomic mass is 16.5. The lowest BCUT2D eigenvalue weighted by atomic mass is 9.89. The van der Waals surface area contributed by atoms with Crippen molar-refractivity contribution in [2.45, 2.75) is 57.6 Å². The summed E-state index contributed by atoms with van der Waals surface area (Å²) in [6, 6.07) is -0.431. The number of ether oxygens (including phenoxy) is 1. The van der Waals surface area contributed by atoms with Gasteiger partial charge in [-0.2, -0.15) is 0 Å². The summed E-state index contributed by atoms with van der Waals surface area (Å²) in [4.78, 5) is 33.2. The van der Waals surface area contributed by atoms with Crippen LogP contribution in [0.1, 0.15) is 45.4 Å². The highest BCUT2D eigenvalue weighted by molar-refractivity contribution is 5.94. The topological polar surface area (TPSA) is 105 Å². The molecule has 1 rings (SSSR count). The van der Waals surface area contributed by atoms with E-state index in [1.54, 1.807) is 0 Å². The third-order valence-electron chi connectivity index (χ3n) is 3.13. The first-order chi connectivity index (χ1) is 9.51. The standard InChI is InChI=1S/C13H22N2O5/c1-2-20-10-7-9(8-10)14-13(19)15-11(16)5-3-4-6-12(17)18/h9-10H,2-8H2,1H3,(H,17,18)(H2,14,15,16,19). The van der Waals surface area contributed by atoms with E-state index in [4.69, 9.17) is 9.84 Å². The van der Waals surface area contributed by atoms with Crippen LogP contribution in [0.15, 0.2) is 0 Å². The first kappa shape index (κ1) is 16.4. The molecule has 0 saturated heterocycles. The van der Waals surface area contributed by atoms with Crippen LogP contribution < -0.4 is 10.6 Å². The molecule has 1 aliphatic rings. The van der Waals surface area contributed by atoms with Crippen LogP contribution in [0.4, 0.5) is 4.79 Å².